The Morgan fingerprint density at radius 1 is 1.19 bits per heavy atom. The zero-order chi connectivity index (χ0) is 22.0. The monoisotopic (exact) mass is 423 g/mol. The molecule has 2 aromatic carbocycles. The first-order valence-corrected chi connectivity index (χ1v) is 10.4. The average Bonchev–Trinajstić information content (AvgIpc) is 3.23. The van der Waals surface area contributed by atoms with Gasteiger partial charge in [0.1, 0.15) is 5.56 Å². The number of nitrogens with one attached hydrogen (secondary N) is 1. The number of carbonyl (C=O) groups is 1. The number of hydrogen-bond acceptors (Lipinski definition) is 5. The summed E-state index contributed by atoms with van der Waals surface area (Å²) in [5, 5.41) is 12.8. The van der Waals surface area contributed by atoms with Crippen molar-refractivity contribution in [3.63, 3.8) is 0 Å². The molecule has 1 fully saturated rings. The number of aromatic nitrogens is 1. The molecule has 0 spiro atoms. The van der Waals surface area contributed by atoms with Gasteiger partial charge in [-0.15, -0.1) is 0 Å². The molecular formula is C23H25N3O5. The van der Waals surface area contributed by atoms with E-state index in [1.807, 2.05) is 12.1 Å². The van der Waals surface area contributed by atoms with Crippen LogP contribution in [0.4, 0.5) is 5.69 Å². The Bertz CT molecular complexity index is 1080. The van der Waals surface area contributed by atoms with Gasteiger partial charge >= 0.3 is 0 Å². The van der Waals surface area contributed by atoms with E-state index in [0.717, 1.165) is 18.4 Å². The molecule has 1 aromatic heterocycles. The summed E-state index contributed by atoms with van der Waals surface area (Å²) in [7, 11) is 1.41. The average molecular weight is 423 g/mol. The first kappa shape index (κ1) is 20.7. The van der Waals surface area contributed by atoms with E-state index in [2.05, 4.69) is 23.2 Å². The Morgan fingerprint density at radius 3 is 2.58 bits per heavy atom. The van der Waals surface area contributed by atoms with E-state index in [-0.39, 0.29) is 22.9 Å². The second-order valence-electron chi connectivity index (χ2n) is 7.59. The van der Waals surface area contributed by atoms with Crippen LogP contribution in [0.5, 0.6) is 11.5 Å². The summed E-state index contributed by atoms with van der Waals surface area (Å²) < 4.78 is 10.7. The summed E-state index contributed by atoms with van der Waals surface area (Å²) in [6.45, 7) is 3.23. The summed E-state index contributed by atoms with van der Waals surface area (Å²) in [4.78, 5) is 29.4. The standard InChI is InChI=1S/C23H25N3O5/c1-3-31-22-13-17(20(26(28)29)14-21(22)30-2)23(27)25-10-8-15(9-11-25)19-12-16-6-4-5-7-18(16)24-19/h4-7,12-15,24H,3,8-11H2,1-2H3. The van der Waals surface area contributed by atoms with Gasteiger partial charge < -0.3 is 19.4 Å². The molecule has 162 valence electrons. The summed E-state index contributed by atoms with van der Waals surface area (Å²) in [5.41, 5.74) is 2.03. The molecule has 0 saturated carbocycles. The lowest BCUT2D eigenvalue weighted by Gasteiger charge is -2.31. The number of hydrogen-bond donors (Lipinski definition) is 1. The fraction of sp³-hybridized carbons (Fsp3) is 0.348. The van der Waals surface area contributed by atoms with E-state index in [0.29, 0.717) is 31.4 Å². The summed E-state index contributed by atoms with van der Waals surface area (Å²) in [5.74, 6) is 0.529. The zero-order valence-electron chi connectivity index (χ0n) is 17.6. The van der Waals surface area contributed by atoms with Gasteiger partial charge in [-0.05, 0) is 37.3 Å². The smallest absolute Gasteiger partial charge is 0.286 e. The molecule has 1 amide bonds. The number of benzene rings is 2. The topological polar surface area (TPSA) is 97.7 Å². The van der Waals surface area contributed by atoms with Gasteiger partial charge in [0, 0.05) is 36.3 Å². The predicted octanol–water partition coefficient (Wildman–Crippen LogP) is 4.50. The number of ether oxygens (including phenoxy) is 2. The number of methoxy groups -OCH3 is 1. The molecule has 8 heteroatoms. The van der Waals surface area contributed by atoms with Crippen molar-refractivity contribution in [3.8, 4) is 11.5 Å². The molecule has 0 unspecified atom stereocenters. The molecule has 8 nitrogen and oxygen atoms in total. The van der Waals surface area contributed by atoms with Crippen LogP contribution < -0.4 is 9.47 Å². The molecule has 0 radical (unpaired) electrons. The third kappa shape index (κ3) is 4.05. The Kier molecular flexibility index (Phi) is 5.79. The molecule has 3 aromatic rings. The van der Waals surface area contributed by atoms with Gasteiger partial charge in [-0.25, -0.2) is 0 Å². The van der Waals surface area contributed by atoms with E-state index in [1.165, 1.54) is 30.3 Å². The first-order valence-electron chi connectivity index (χ1n) is 10.4. The van der Waals surface area contributed by atoms with E-state index in [4.69, 9.17) is 9.47 Å². The second kappa shape index (κ2) is 8.67. The molecule has 1 saturated heterocycles. The van der Waals surface area contributed by atoms with Crippen LogP contribution in [-0.4, -0.2) is 47.5 Å². The van der Waals surface area contributed by atoms with Crippen molar-refractivity contribution >= 4 is 22.5 Å². The lowest BCUT2D eigenvalue weighted by atomic mass is 9.93. The normalized spacial score (nSPS) is 14.6. The first-order chi connectivity index (χ1) is 15.0. The van der Waals surface area contributed by atoms with Gasteiger partial charge in [-0.2, -0.15) is 0 Å². The lowest BCUT2D eigenvalue weighted by Crippen LogP contribution is -2.38. The number of H-pyrrole nitrogens is 1. The largest absolute Gasteiger partial charge is 0.493 e. The number of para-hydroxylation sites is 1. The van der Waals surface area contributed by atoms with Crippen LogP contribution in [0.3, 0.4) is 0 Å². The van der Waals surface area contributed by atoms with E-state index in [1.54, 1.807) is 11.8 Å². The third-order valence-corrected chi connectivity index (χ3v) is 5.78. The van der Waals surface area contributed by atoms with Gasteiger partial charge in [0.2, 0.25) is 0 Å². The van der Waals surface area contributed by atoms with Crippen molar-refractivity contribution in [2.75, 3.05) is 26.8 Å². The number of nitro benzene ring substituents is 1. The van der Waals surface area contributed by atoms with Crippen LogP contribution in [0.15, 0.2) is 42.5 Å². The van der Waals surface area contributed by atoms with Crippen LogP contribution in [0.25, 0.3) is 10.9 Å². The van der Waals surface area contributed by atoms with Crippen molar-refractivity contribution in [2.45, 2.75) is 25.7 Å². The fourth-order valence-electron chi connectivity index (χ4n) is 4.18. The Hall–Kier alpha value is -3.55. The number of nitro groups is 1. The maximum Gasteiger partial charge on any atom is 0.286 e. The summed E-state index contributed by atoms with van der Waals surface area (Å²) in [6, 6.07) is 13.0. The minimum absolute atomic E-state index is 0.0262. The minimum Gasteiger partial charge on any atom is -0.493 e. The van der Waals surface area contributed by atoms with Gasteiger partial charge in [0.25, 0.3) is 11.6 Å². The number of nitrogens with zero attached hydrogens (tertiary/aromatic N) is 2. The lowest BCUT2D eigenvalue weighted by molar-refractivity contribution is -0.385. The fourth-order valence-corrected chi connectivity index (χ4v) is 4.18. The molecule has 1 aliphatic heterocycles. The number of fused-ring (bicyclic) bond motifs is 1. The molecule has 1 aliphatic rings. The zero-order valence-corrected chi connectivity index (χ0v) is 17.6. The van der Waals surface area contributed by atoms with Crippen LogP contribution in [0, 0.1) is 10.1 Å². The van der Waals surface area contributed by atoms with Gasteiger partial charge in [0.05, 0.1) is 24.7 Å². The highest BCUT2D eigenvalue weighted by Crippen LogP contribution is 2.36. The molecule has 0 aliphatic carbocycles. The van der Waals surface area contributed by atoms with Crippen molar-refractivity contribution in [1.29, 1.82) is 0 Å². The van der Waals surface area contributed by atoms with E-state index in [9.17, 15) is 14.9 Å². The molecule has 0 bridgehead atoms. The summed E-state index contributed by atoms with van der Waals surface area (Å²) >= 11 is 0. The predicted molar refractivity (Wildman–Crippen MR) is 117 cm³/mol. The van der Waals surface area contributed by atoms with Crippen LogP contribution in [-0.2, 0) is 0 Å². The maximum absolute atomic E-state index is 13.2. The molecular weight excluding hydrogens is 398 g/mol. The third-order valence-electron chi connectivity index (χ3n) is 5.78. The number of aromatic amines is 1. The van der Waals surface area contributed by atoms with Gasteiger partial charge in [0.15, 0.2) is 11.5 Å². The van der Waals surface area contributed by atoms with Crippen molar-refractivity contribution in [3.05, 3.63) is 63.8 Å². The SMILES string of the molecule is CCOc1cc(C(=O)N2CCC(c3cc4ccccc4[nH]3)CC2)c([N+](=O)[O-])cc1OC. The highest BCUT2D eigenvalue weighted by molar-refractivity contribution is 5.99. The van der Waals surface area contributed by atoms with Crippen molar-refractivity contribution in [1.82, 2.24) is 9.88 Å². The maximum atomic E-state index is 13.2. The number of piperidine rings is 1. The Balaban J connectivity index is 1.54. The molecule has 0 atom stereocenters. The highest BCUT2D eigenvalue weighted by atomic mass is 16.6. The minimum atomic E-state index is -0.553. The Morgan fingerprint density at radius 2 is 1.94 bits per heavy atom. The highest BCUT2D eigenvalue weighted by Gasteiger charge is 2.31. The quantitative estimate of drug-likeness (QED) is 0.465. The Labute approximate surface area is 179 Å². The second-order valence-corrected chi connectivity index (χ2v) is 7.59. The van der Waals surface area contributed by atoms with Crippen LogP contribution in [0.1, 0.15) is 41.7 Å². The van der Waals surface area contributed by atoms with Crippen LogP contribution >= 0.6 is 0 Å². The van der Waals surface area contributed by atoms with Crippen LogP contribution in [0.2, 0.25) is 0 Å². The van der Waals surface area contributed by atoms with Crippen molar-refractivity contribution < 1.29 is 19.2 Å². The number of carbonyl (C=O) groups excluding carboxylic acids is 1. The van der Waals surface area contributed by atoms with E-state index >= 15 is 0 Å². The van der Waals surface area contributed by atoms with Crippen molar-refractivity contribution in [2.24, 2.45) is 0 Å². The van der Waals surface area contributed by atoms with E-state index < -0.39 is 4.92 Å². The van der Waals surface area contributed by atoms with Gasteiger partial charge in [-0.1, -0.05) is 18.2 Å². The summed E-state index contributed by atoms with van der Waals surface area (Å²) in [6.07, 6.45) is 1.58. The number of amides is 1. The molecule has 4 rings (SSSR count). The number of rotatable bonds is 6. The van der Waals surface area contributed by atoms with Gasteiger partial charge in [-0.3, -0.25) is 14.9 Å². The molecule has 1 N–H and O–H groups in total. The molecule has 2 heterocycles. The molecule has 31 heavy (non-hydrogen) atoms. The number of likely N-dealkylation sites (tertiary alicyclic amines) is 1.